The average Bonchev–Trinajstić information content (AvgIpc) is 2.69. The van der Waals surface area contributed by atoms with E-state index in [1.165, 1.54) is 24.5 Å². The average molecular weight is 345 g/mol. The zero-order chi connectivity index (χ0) is 12.4. The summed E-state index contributed by atoms with van der Waals surface area (Å²) < 4.78 is 18.6. The van der Waals surface area contributed by atoms with E-state index in [0.29, 0.717) is 20.6 Å². The van der Waals surface area contributed by atoms with E-state index in [1.807, 2.05) is 22.6 Å². The van der Waals surface area contributed by atoms with E-state index in [-0.39, 0.29) is 11.7 Å². The van der Waals surface area contributed by atoms with Crippen LogP contribution in [0.3, 0.4) is 0 Å². The fourth-order valence-corrected chi connectivity index (χ4v) is 1.96. The number of rotatable bonds is 2. The van der Waals surface area contributed by atoms with Crippen LogP contribution in [0.5, 0.6) is 0 Å². The van der Waals surface area contributed by atoms with Gasteiger partial charge in [0.25, 0.3) is 5.91 Å². The molecular weight excluding hydrogens is 336 g/mol. The normalized spacial score (nSPS) is 10.3. The molecule has 0 unspecified atom stereocenters. The number of carbonyl (C=O) groups is 1. The van der Waals surface area contributed by atoms with Crippen LogP contribution in [0, 0.1) is 16.3 Å². The Bertz CT molecular complexity index is 565. The molecular formula is C12H9FINO2. The monoisotopic (exact) mass is 345 g/mol. The first kappa shape index (κ1) is 12.1. The zero-order valence-electron chi connectivity index (χ0n) is 8.96. The van der Waals surface area contributed by atoms with Crippen molar-refractivity contribution in [2.45, 2.75) is 6.92 Å². The Kier molecular flexibility index (Phi) is 3.46. The molecule has 0 radical (unpaired) electrons. The standard InChI is InChI=1S/C12H9FINO2/c1-7-4-8(6-17-7)12(16)15-11-3-2-9(13)5-10(11)14/h2-6H,1H3,(H,15,16). The van der Waals surface area contributed by atoms with Crippen molar-refractivity contribution in [2.24, 2.45) is 0 Å². The third-order valence-corrected chi connectivity index (χ3v) is 3.06. The molecule has 1 aromatic carbocycles. The topological polar surface area (TPSA) is 42.2 Å². The fraction of sp³-hybridized carbons (Fsp3) is 0.0833. The van der Waals surface area contributed by atoms with Gasteiger partial charge in [-0.1, -0.05) is 0 Å². The van der Waals surface area contributed by atoms with Crippen LogP contribution in [-0.4, -0.2) is 5.91 Å². The minimum Gasteiger partial charge on any atom is -0.469 e. The molecule has 2 aromatic rings. The summed E-state index contributed by atoms with van der Waals surface area (Å²) in [6, 6.07) is 5.84. The SMILES string of the molecule is Cc1cc(C(=O)Nc2ccc(F)cc2I)co1. The lowest BCUT2D eigenvalue weighted by Crippen LogP contribution is -2.11. The highest BCUT2D eigenvalue weighted by molar-refractivity contribution is 14.1. The maximum Gasteiger partial charge on any atom is 0.258 e. The van der Waals surface area contributed by atoms with Gasteiger partial charge in [-0.05, 0) is 53.8 Å². The second-order valence-electron chi connectivity index (χ2n) is 3.52. The summed E-state index contributed by atoms with van der Waals surface area (Å²) in [6.07, 6.45) is 1.39. The van der Waals surface area contributed by atoms with E-state index in [9.17, 15) is 9.18 Å². The number of nitrogens with one attached hydrogen (secondary N) is 1. The minimum atomic E-state index is -0.327. The molecule has 0 saturated carbocycles. The number of amides is 1. The second kappa shape index (κ2) is 4.87. The number of furan rings is 1. The van der Waals surface area contributed by atoms with Crippen molar-refractivity contribution in [2.75, 3.05) is 5.32 Å². The second-order valence-corrected chi connectivity index (χ2v) is 4.69. The fourth-order valence-electron chi connectivity index (χ4n) is 1.35. The highest BCUT2D eigenvalue weighted by Gasteiger charge is 2.10. The summed E-state index contributed by atoms with van der Waals surface area (Å²) in [5.74, 6) is 0.0712. The quantitative estimate of drug-likeness (QED) is 0.846. The number of carbonyl (C=O) groups excluding carboxylic acids is 1. The third-order valence-electron chi connectivity index (χ3n) is 2.17. The van der Waals surface area contributed by atoms with Gasteiger partial charge >= 0.3 is 0 Å². The smallest absolute Gasteiger partial charge is 0.258 e. The molecule has 0 aliphatic rings. The van der Waals surface area contributed by atoms with Crippen molar-refractivity contribution >= 4 is 34.2 Å². The maximum absolute atomic E-state index is 12.9. The Labute approximate surface area is 111 Å². The number of hydrogen-bond donors (Lipinski definition) is 1. The van der Waals surface area contributed by atoms with Crippen LogP contribution in [0.25, 0.3) is 0 Å². The molecule has 3 nitrogen and oxygen atoms in total. The van der Waals surface area contributed by atoms with Crippen LogP contribution in [0.15, 0.2) is 34.9 Å². The number of halogens is 2. The van der Waals surface area contributed by atoms with E-state index < -0.39 is 0 Å². The van der Waals surface area contributed by atoms with Crippen LogP contribution in [0.1, 0.15) is 16.1 Å². The van der Waals surface area contributed by atoms with E-state index in [0.717, 1.165) is 0 Å². The largest absolute Gasteiger partial charge is 0.469 e. The predicted octanol–water partition coefficient (Wildman–Crippen LogP) is 3.58. The van der Waals surface area contributed by atoms with Gasteiger partial charge in [0.1, 0.15) is 17.8 Å². The molecule has 0 fully saturated rings. The molecule has 1 aromatic heterocycles. The zero-order valence-corrected chi connectivity index (χ0v) is 11.1. The Morgan fingerprint density at radius 1 is 1.41 bits per heavy atom. The Morgan fingerprint density at radius 2 is 2.18 bits per heavy atom. The van der Waals surface area contributed by atoms with Crippen molar-refractivity contribution in [3.05, 3.63) is 51.2 Å². The Hall–Kier alpha value is -1.37. The molecule has 0 spiro atoms. The first-order chi connectivity index (χ1) is 8.06. The molecule has 1 heterocycles. The van der Waals surface area contributed by atoms with Crippen molar-refractivity contribution in [1.29, 1.82) is 0 Å². The molecule has 0 aliphatic carbocycles. The highest BCUT2D eigenvalue weighted by Crippen LogP contribution is 2.20. The molecule has 1 N–H and O–H groups in total. The summed E-state index contributed by atoms with van der Waals surface area (Å²) in [7, 11) is 0. The van der Waals surface area contributed by atoms with Gasteiger partial charge in [-0.2, -0.15) is 0 Å². The van der Waals surface area contributed by atoms with Gasteiger partial charge in [0.05, 0.1) is 11.3 Å². The summed E-state index contributed by atoms with van der Waals surface area (Å²) in [5, 5.41) is 2.69. The van der Waals surface area contributed by atoms with Gasteiger partial charge in [-0.25, -0.2) is 4.39 Å². The first-order valence-corrected chi connectivity index (χ1v) is 5.95. The van der Waals surface area contributed by atoms with Crippen molar-refractivity contribution in [3.63, 3.8) is 0 Å². The predicted molar refractivity (Wildman–Crippen MR) is 70.5 cm³/mol. The van der Waals surface area contributed by atoms with E-state index >= 15 is 0 Å². The number of hydrogen-bond acceptors (Lipinski definition) is 2. The Morgan fingerprint density at radius 3 is 2.76 bits per heavy atom. The Balaban J connectivity index is 2.18. The lowest BCUT2D eigenvalue weighted by atomic mass is 10.2. The van der Waals surface area contributed by atoms with E-state index in [4.69, 9.17) is 4.42 Å². The molecule has 88 valence electrons. The lowest BCUT2D eigenvalue weighted by Gasteiger charge is -2.05. The molecule has 2 rings (SSSR count). The highest BCUT2D eigenvalue weighted by atomic mass is 127. The van der Waals surface area contributed by atoms with Crippen molar-refractivity contribution in [3.8, 4) is 0 Å². The third kappa shape index (κ3) is 2.85. The van der Waals surface area contributed by atoms with Crippen LogP contribution in [0.4, 0.5) is 10.1 Å². The summed E-state index contributed by atoms with van der Waals surface area (Å²) >= 11 is 1.97. The van der Waals surface area contributed by atoms with Crippen molar-refractivity contribution in [1.82, 2.24) is 0 Å². The number of anilines is 1. The molecule has 1 amide bonds. The van der Waals surface area contributed by atoms with Crippen LogP contribution in [-0.2, 0) is 0 Å². The van der Waals surface area contributed by atoms with Crippen LogP contribution in [0.2, 0.25) is 0 Å². The molecule has 0 atom stereocenters. The van der Waals surface area contributed by atoms with Gasteiger partial charge in [-0.15, -0.1) is 0 Å². The van der Waals surface area contributed by atoms with Gasteiger partial charge in [0.2, 0.25) is 0 Å². The van der Waals surface area contributed by atoms with Crippen LogP contribution >= 0.6 is 22.6 Å². The molecule has 0 bridgehead atoms. The summed E-state index contributed by atoms with van der Waals surface area (Å²) in [4.78, 5) is 11.8. The number of benzene rings is 1. The van der Waals surface area contributed by atoms with E-state index in [2.05, 4.69) is 5.32 Å². The maximum atomic E-state index is 12.9. The summed E-state index contributed by atoms with van der Waals surface area (Å²) in [5.41, 5.74) is 1.03. The molecule has 5 heteroatoms. The minimum absolute atomic E-state index is 0.272. The number of aryl methyl sites for hydroxylation is 1. The van der Waals surface area contributed by atoms with Gasteiger partial charge in [0, 0.05) is 3.57 Å². The van der Waals surface area contributed by atoms with Crippen LogP contribution < -0.4 is 5.32 Å². The van der Waals surface area contributed by atoms with Gasteiger partial charge in [-0.3, -0.25) is 4.79 Å². The lowest BCUT2D eigenvalue weighted by molar-refractivity contribution is 0.102. The van der Waals surface area contributed by atoms with Gasteiger partial charge in [0.15, 0.2) is 0 Å². The van der Waals surface area contributed by atoms with E-state index in [1.54, 1.807) is 13.0 Å². The summed E-state index contributed by atoms with van der Waals surface area (Å²) in [6.45, 7) is 1.76. The molecule has 17 heavy (non-hydrogen) atoms. The van der Waals surface area contributed by atoms with Gasteiger partial charge < -0.3 is 9.73 Å². The van der Waals surface area contributed by atoms with Crippen molar-refractivity contribution < 1.29 is 13.6 Å². The molecule has 0 saturated heterocycles. The molecule has 0 aliphatic heterocycles. The first-order valence-electron chi connectivity index (χ1n) is 4.88.